The van der Waals surface area contributed by atoms with Gasteiger partial charge >= 0.3 is 0 Å². The van der Waals surface area contributed by atoms with Crippen molar-refractivity contribution in [3.05, 3.63) is 80.0 Å². The van der Waals surface area contributed by atoms with Crippen LogP contribution in [0.1, 0.15) is 44.0 Å². The Morgan fingerprint density at radius 1 is 0.741 bits per heavy atom. The highest BCUT2D eigenvalue weighted by molar-refractivity contribution is 6.42. The number of aliphatic imine (C=N–C) groups is 2. The zero-order valence-electron chi connectivity index (χ0n) is 30.4. The van der Waals surface area contributed by atoms with Crippen LogP contribution in [0.3, 0.4) is 0 Å². The Morgan fingerprint density at radius 2 is 1.26 bits per heavy atom. The molecule has 2 aliphatic heterocycles. The van der Waals surface area contributed by atoms with E-state index >= 15 is 0 Å². The Bertz CT molecular complexity index is 1940. The zero-order valence-corrected chi connectivity index (χ0v) is 33.5. The van der Waals surface area contributed by atoms with Crippen LogP contribution in [0.2, 0.25) is 20.1 Å². The number of hydrogen-bond donors (Lipinski definition) is 7. The summed E-state index contributed by atoms with van der Waals surface area (Å²) in [5, 5.41) is 18.0. The molecule has 2 atom stereocenters. The van der Waals surface area contributed by atoms with Crippen molar-refractivity contribution in [3.8, 4) is 0 Å². The lowest BCUT2D eigenvalue weighted by Crippen LogP contribution is -2.42. The average molecular weight is 817 g/mol. The van der Waals surface area contributed by atoms with Crippen molar-refractivity contribution in [2.75, 3.05) is 54.0 Å². The SMILES string of the molecule is CCN1CCCC(Nc2cc(C)nc(N=C(N)Nc3ccc(Cl)c(Cl)c3)n2)C1.Cc1cc(NC2CCCNC2)nc(N=C(N)Nc2ccc(Cl)c(Cl)c2)n1. The molecule has 0 amide bonds. The summed E-state index contributed by atoms with van der Waals surface area (Å²) in [6.45, 7) is 11.2. The van der Waals surface area contributed by atoms with Crippen LogP contribution in [0, 0.1) is 13.8 Å². The zero-order chi connectivity index (χ0) is 38.6. The molecule has 0 saturated carbocycles. The first-order valence-corrected chi connectivity index (χ1v) is 19.2. The summed E-state index contributed by atoms with van der Waals surface area (Å²) < 4.78 is 0. The third-order valence-electron chi connectivity index (χ3n) is 8.46. The topological polar surface area (TPSA) is 192 Å². The third kappa shape index (κ3) is 13.0. The minimum Gasteiger partial charge on any atom is -0.369 e. The van der Waals surface area contributed by atoms with E-state index in [1.165, 1.54) is 6.42 Å². The number of rotatable bonds is 9. The van der Waals surface area contributed by atoms with E-state index in [2.05, 4.69) is 68.3 Å². The molecule has 18 heteroatoms. The van der Waals surface area contributed by atoms with Crippen LogP contribution in [0.4, 0.5) is 34.9 Å². The first kappa shape index (κ1) is 41.0. The van der Waals surface area contributed by atoms with Gasteiger partial charge < -0.3 is 43.0 Å². The molecule has 4 aromatic rings. The van der Waals surface area contributed by atoms with Gasteiger partial charge in [0.25, 0.3) is 11.9 Å². The van der Waals surface area contributed by atoms with Crippen molar-refractivity contribution in [2.24, 2.45) is 21.5 Å². The van der Waals surface area contributed by atoms with Crippen LogP contribution in [-0.2, 0) is 0 Å². The maximum atomic E-state index is 6.02. The number of guanidine groups is 2. The maximum Gasteiger partial charge on any atom is 0.254 e. The molecule has 2 aliphatic rings. The molecular weight excluding hydrogens is 770 g/mol. The van der Waals surface area contributed by atoms with Crippen LogP contribution in [0.25, 0.3) is 0 Å². The predicted molar refractivity (Wildman–Crippen MR) is 225 cm³/mol. The molecule has 6 rings (SSSR count). The lowest BCUT2D eigenvalue weighted by atomic mass is 10.1. The number of aromatic nitrogens is 4. The van der Waals surface area contributed by atoms with E-state index in [-0.39, 0.29) is 11.9 Å². The highest BCUT2D eigenvalue weighted by Crippen LogP contribution is 2.26. The molecule has 0 aliphatic carbocycles. The summed E-state index contributed by atoms with van der Waals surface area (Å²) >= 11 is 23.9. The first-order chi connectivity index (χ1) is 25.9. The van der Waals surface area contributed by atoms with E-state index in [0.717, 1.165) is 75.0 Å². The Labute approximate surface area is 336 Å². The summed E-state index contributed by atoms with van der Waals surface area (Å²) in [5.74, 6) is 2.44. The number of likely N-dealkylation sites (tertiary alicyclic amines) is 1. The van der Waals surface area contributed by atoms with Crippen molar-refractivity contribution in [1.82, 2.24) is 30.2 Å². The van der Waals surface area contributed by atoms with Gasteiger partial charge in [-0.3, -0.25) is 0 Å². The number of anilines is 4. The van der Waals surface area contributed by atoms with E-state index in [4.69, 9.17) is 57.9 Å². The summed E-state index contributed by atoms with van der Waals surface area (Å²) in [4.78, 5) is 28.6. The van der Waals surface area contributed by atoms with Crippen molar-refractivity contribution >= 4 is 93.2 Å². The van der Waals surface area contributed by atoms with Gasteiger partial charge in [-0.2, -0.15) is 20.0 Å². The average Bonchev–Trinajstić information content (AvgIpc) is 3.11. The summed E-state index contributed by atoms with van der Waals surface area (Å²) in [6, 6.07) is 14.8. The number of likely N-dealkylation sites (N-methyl/N-ethyl adjacent to an activating group) is 1. The van der Waals surface area contributed by atoms with Crippen molar-refractivity contribution < 1.29 is 0 Å². The second kappa shape index (κ2) is 19.9. The molecule has 0 spiro atoms. The molecular formula is C36H46Cl4N14. The van der Waals surface area contributed by atoms with E-state index in [1.54, 1.807) is 36.4 Å². The van der Waals surface area contributed by atoms with Gasteiger partial charge in [0.05, 0.1) is 20.1 Å². The Balaban J connectivity index is 0.000000208. The summed E-state index contributed by atoms with van der Waals surface area (Å²) in [7, 11) is 0. The molecule has 0 bridgehead atoms. The molecule has 288 valence electrons. The number of nitrogens with two attached hydrogens (primary N) is 2. The third-order valence-corrected chi connectivity index (χ3v) is 9.94. The van der Waals surface area contributed by atoms with Crippen LogP contribution >= 0.6 is 46.4 Å². The lowest BCUT2D eigenvalue weighted by molar-refractivity contribution is 0.226. The van der Waals surface area contributed by atoms with Crippen molar-refractivity contribution in [3.63, 3.8) is 0 Å². The molecule has 4 heterocycles. The smallest absolute Gasteiger partial charge is 0.254 e. The molecule has 2 fully saturated rings. The monoisotopic (exact) mass is 814 g/mol. The number of piperidine rings is 2. The summed E-state index contributed by atoms with van der Waals surface area (Å²) in [6.07, 6.45) is 4.56. The molecule has 54 heavy (non-hydrogen) atoms. The Hall–Kier alpha value is -4.18. The number of nitrogens with one attached hydrogen (secondary N) is 5. The number of nitrogens with zero attached hydrogens (tertiary/aromatic N) is 7. The van der Waals surface area contributed by atoms with Crippen LogP contribution < -0.4 is 38.1 Å². The van der Waals surface area contributed by atoms with Crippen molar-refractivity contribution in [2.45, 2.75) is 58.5 Å². The van der Waals surface area contributed by atoms with Crippen LogP contribution in [-0.4, -0.2) is 81.6 Å². The van der Waals surface area contributed by atoms with E-state index < -0.39 is 0 Å². The second-order valence-electron chi connectivity index (χ2n) is 13.0. The number of aryl methyl sites for hydroxylation is 2. The van der Waals surface area contributed by atoms with Gasteiger partial charge in [0, 0.05) is 60.1 Å². The fraction of sp³-hybridized carbons (Fsp3) is 0.389. The van der Waals surface area contributed by atoms with Gasteiger partial charge in [0.1, 0.15) is 11.6 Å². The largest absolute Gasteiger partial charge is 0.369 e. The summed E-state index contributed by atoms with van der Waals surface area (Å²) in [5.41, 5.74) is 15.0. The fourth-order valence-electron chi connectivity index (χ4n) is 5.92. The quantitative estimate of drug-likeness (QED) is 0.0657. The molecule has 2 aromatic carbocycles. The van der Waals surface area contributed by atoms with Gasteiger partial charge in [-0.15, -0.1) is 0 Å². The maximum absolute atomic E-state index is 6.02. The van der Waals surface area contributed by atoms with E-state index in [9.17, 15) is 0 Å². The number of halogens is 4. The van der Waals surface area contributed by atoms with Gasteiger partial charge in [-0.1, -0.05) is 53.3 Å². The standard InChI is InChI=1S/C19H25Cl2N7.C17H21Cl2N7/c1-3-28-8-4-5-14(11-28)24-17-9-12(2)23-19(26-17)27-18(22)25-13-6-7-15(20)16(21)10-13;1-10-7-15(23-12-3-2-6-21-9-12)25-17(22-10)26-16(20)24-11-4-5-13(18)14(19)8-11/h6-7,9-10,14H,3-5,8,11H2,1-2H3,(H4,22,23,24,25,26,27);4-5,7-8,12,21H,2-3,6,9H2,1H3,(H4,20,22,23,24,25,26). The van der Waals surface area contributed by atoms with E-state index in [1.807, 2.05) is 26.0 Å². The Morgan fingerprint density at radius 3 is 1.74 bits per heavy atom. The van der Waals surface area contributed by atoms with Crippen molar-refractivity contribution in [1.29, 1.82) is 0 Å². The molecule has 2 unspecified atom stereocenters. The van der Waals surface area contributed by atoms with Gasteiger partial charge in [0.15, 0.2) is 0 Å². The first-order valence-electron chi connectivity index (χ1n) is 17.7. The van der Waals surface area contributed by atoms with Gasteiger partial charge in [-0.25, -0.2) is 9.97 Å². The molecule has 9 N–H and O–H groups in total. The minimum absolute atomic E-state index is 0.166. The molecule has 0 radical (unpaired) electrons. The Kier molecular flexibility index (Phi) is 15.1. The van der Waals surface area contributed by atoms with Gasteiger partial charge in [-0.05, 0) is 95.6 Å². The fourth-order valence-corrected chi connectivity index (χ4v) is 6.52. The van der Waals surface area contributed by atoms with Crippen LogP contribution in [0.15, 0.2) is 58.5 Å². The van der Waals surface area contributed by atoms with Gasteiger partial charge in [0.2, 0.25) is 11.9 Å². The van der Waals surface area contributed by atoms with E-state index in [0.29, 0.717) is 55.4 Å². The molecule has 2 saturated heterocycles. The molecule has 14 nitrogen and oxygen atoms in total. The number of hydrogen-bond acceptors (Lipinski definition) is 10. The minimum atomic E-state index is 0.166. The highest BCUT2D eigenvalue weighted by atomic mass is 35.5. The normalized spacial score (nSPS) is 18.0. The lowest BCUT2D eigenvalue weighted by Gasteiger charge is -2.32. The predicted octanol–water partition coefficient (Wildman–Crippen LogP) is 7.36. The van der Waals surface area contributed by atoms with Crippen LogP contribution in [0.5, 0.6) is 0 Å². The number of benzene rings is 2. The molecule has 2 aromatic heterocycles. The second-order valence-corrected chi connectivity index (χ2v) is 14.6. The highest BCUT2D eigenvalue weighted by Gasteiger charge is 2.19.